The van der Waals surface area contributed by atoms with Gasteiger partial charge in [-0.05, 0) is 36.6 Å². The molecule has 4 nitrogen and oxygen atoms in total. The molecule has 0 aromatic heterocycles. The van der Waals surface area contributed by atoms with Gasteiger partial charge in [0, 0.05) is 17.4 Å². The number of fused-ring (bicyclic) bond motifs is 2. The molecule has 0 radical (unpaired) electrons. The highest BCUT2D eigenvalue weighted by Crippen LogP contribution is 2.49. The average molecular weight is 407 g/mol. The Kier molecular flexibility index (Phi) is 4.66. The number of phenols is 2. The Bertz CT molecular complexity index is 1120. The van der Waals surface area contributed by atoms with Gasteiger partial charge in [-0.3, -0.25) is 4.79 Å². The molecule has 0 amide bonds. The van der Waals surface area contributed by atoms with Crippen LogP contribution in [0.1, 0.15) is 27.9 Å². The molecule has 0 bridgehead atoms. The van der Waals surface area contributed by atoms with Crippen molar-refractivity contribution in [3.8, 4) is 17.2 Å². The van der Waals surface area contributed by atoms with Crippen molar-refractivity contribution in [1.82, 2.24) is 0 Å². The molecule has 0 heterocycles. The third-order valence-corrected chi connectivity index (χ3v) is 10.8. The number of aryl methyl sites for hydroxylation is 1. The molecule has 29 heavy (non-hydrogen) atoms. The van der Waals surface area contributed by atoms with Crippen LogP contribution in [-0.2, 0) is 6.42 Å². The third-order valence-electron chi connectivity index (χ3n) is 6.48. The lowest BCUT2D eigenvalue weighted by atomic mass is 9.85. The summed E-state index contributed by atoms with van der Waals surface area (Å²) in [5.41, 5.74) is 1.90. The number of methoxy groups -OCH3 is 1. The van der Waals surface area contributed by atoms with Gasteiger partial charge in [0.1, 0.15) is 17.2 Å². The van der Waals surface area contributed by atoms with Gasteiger partial charge in [-0.1, -0.05) is 48.6 Å². The van der Waals surface area contributed by atoms with Crippen molar-refractivity contribution < 1.29 is 19.7 Å². The molecule has 3 aromatic carbocycles. The second kappa shape index (κ2) is 6.92. The minimum atomic E-state index is -1.96. The predicted molar refractivity (Wildman–Crippen MR) is 119 cm³/mol. The minimum absolute atomic E-state index is 0.0766. The number of aromatic hydroxyl groups is 2. The van der Waals surface area contributed by atoms with Crippen molar-refractivity contribution in [1.29, 1.82) is 0 Å². The number of carbonyl (C=O) groups excluding carboxylic acids is 1. The van der Waals surface area contributed by atoms with E-state index in [9.17, 15) is 15.0 Å². The second-order valence-electron chi connectivity index (χ2n) is 8.56. The van der Waals surface area contributed by atoms with Crippen LogP contribution in [0.3, 0.4) is 0 Å². The van der Waals surface area contributed by atoms with Gasteiger partial charge in [-0.15, -0.1) is 0 Å². The third kappa shape index (κ3) is 3.01. The normalized spacial score (nSPS) is 16.7. The molecule has 5 heteroatoms. The Morgan fingerprint density at radius 1 is 1.03 bits per heavy atom. The summed E-state index contributed by atoms with van der Waals surface area (Å²) in [6.07, 6.45) is 0.967. The monoisotopic (exact) mass is 406 g/mol. The number of ketones is 1. The fraction of sp³-hybridized carbons (Fsp3) is 0.292. The first-order chi connectivity index (χ1) is 13.8. The zero-order valence-corrected chi connectivity index (χ0v) is 18.2. The molecule has 0 fully saturated rings. The van der Waals surface area contributed by atoms with Crippen molar-refractivity contribution in [2.75, 3.05) is 7.11 Å². The van der Waals surface area contributed by atoms with Crippen LogP contribution in [-0.4, -0.2) is 31.2 Å². The van der Waals surface area contributed by atoms with Crippen molar-refractivity contribution >= 4 is 29.8 Å². The maximum Gasteiger partial charge on any atom is 0.167 e. The topological polar surface area (TPSA) is 66.8 Å². The molecule has 4 rings (SSSR count). The van der Waals surface area contributed by atoms with Crippen LogP contribution in [0.4, 0.5) is 0 Å². The molecule has 0 spiro atoms. The first-order valence-electron chi connectivity index (χ1n) is 9.89. The largest absolute Gasteiger partial charge is 0.507 e. The van der Waals surface area contributed by atoms with E-state index in [1.54, 1.807) is 6.07 Å². The molecule has 1 aliphatic rings. The fourth-order valence-electron chi connectivity index (χ4n) is 4.65. The van der Waals surface area contributed by atoms with Crippen LogP contribution >= 0.6 is 0 Å². The summed E-state index contributed by atoms with van der Waals surface area (Å²) in [6, 6.07) is 14.0. The van der Waals surface area contributed by atoms with Gasteiger partial charge in [-0.2, -0.15) is 0 Å². The van der Waals surface area contributed by atoms with Crippen LogP contribution in [0.25, 0.3) is 10.8 Å². The Hall–Kier alpha value is -2.79. The number of ether oxygens (including phenoxy) is 1. The molecule has 1 unspecified atom stereocenters. The van der Waals surface area contributed by atoms with Gasteiger partial charge in [0.25, 0.3) is 0 Å². The molecular weight excluding hydrogens is 380 g/mol. The van der Waals surface area contributed by atoms with Crippen LogP contribution < -0.4 is 9.92 Å². The number of hydrogen-bond donors (Lipinski definition) is 2. The van der Waals surface area contributed by atoms with E-state index in [1.165, 1.54) is 12.3 Å². The fourth-order valence-corrected chi connectivity index (χ4v) is 7.58. The highest BCUT2D eigenvalue weighted by atomic mass is 28.3. The summed E-state index contributed by atoms with van der Waals surface area (Å²) >= 11 is 0. The Labute approximate surface area is 171 Å². The van der Waals surface area contributed by atoms with Crippen molar-refractivity contribution in [3.05, 3.63) is 59.2 Å². The smallest absolute Gasteiger partial charge is 0.167 e. The summed E-state index contributed by atoms with van der Waals surface area (Å²) in [4.78, 5) is 13.2. The van der Waals surface area contributed by atoms with E-state index in [0.29, 0.717) is 34.9 Å². The zero-order chi connectivity index (χ0) is 20.9. The number of carbonyl (C=O) groups is 1. The van der Waals surface area contributed by atoms with E-state index in [0.717, 1.165) is 5.56 Å². The summed E-state index contributed by atoms with van der Waals surface area (Å²) < 4.78 is 5.43. The second-order valence-corrected chi connectivity index (χ2v) is 13.4. The van der Waals surface area contributed by atoms with Crippen molar-refractivity contribution in [2.45, 2.75) is 38.4 Å². The van der Waals surface area contributed by atoms with E-state index in [-0.39, 0.29) is 28.4 Å². The zero-order valence-electron chi connectivity index (χ0n) is 17.2. The lowest BCUT2D eigenvalue weighted by molar-refractivity contribution is 0.0968. The highest BCUT2D eigenvalue weighted by Gasteiger charge is 2.41. The molecule has 150 valence electrons. The van der Waals surface area contributed by atoms with E-state index < -0.39 is 8.07 Å². The first kappa shape index (κ1) is 19.5. The number of Topliss-reactive ketones (excluding diaryl/α,β-unsaturated/α-hetero) is 1. The molecule has 1 atom stereocenters. The van der Waals surface area contributed by atoms with Gasteiger partial charge in [-0.25, -0.2) is 0 Å². The van der Waals surface area contributed by atoms with Crippen LogP contribution in [0, 0.1) is 6.92 Å². The number of phenolic OH excluding ortho intramolecular Hbond substituents is 2. The number of rotatable bonds is 3. The summed E-state index contributed by atoms with van der Waals surface area (Å²) in [7, 11) is -0.440. The summed E-state index contributed by atoms with van der Waals surface area (Å²) in [6.45, 7) is 6.46. The maximum atomic E-state index is 13.2. The maximum absolute atomic E-state index is 13.2. The molecule has 0 saturated carbocycles. The Morgan fingerprint density at radius 2 is 1.72 bits per heavy atom. The average Bonchev–Trinajstić information content (AvgIpc) is 2.71. The van der Waals surface area contributed by atoms with E-state index in [4.69, 9.17) is 4.74 Å². The number of hydrogen-bond acceptors (Lipinski definition) is 4. The van der Waals surface area contributed by atoms with Gasteiger partial charge in [0.2, 0.25) is 0 Å². The van der Waals surface area contributed by atoms with Crippen molar-refractivity contribution in [3.63, 3.8) is 0 Å². The van der Waals surface area contributed by atoms with E-state index in [1.807, 2.05) is 31.2 Å². The molecule has 2 N–H and O–H groups in total. The van der Waals surface area contributed by atoms with Gasteiger partial charge < -0.3 is 14.9 Å². The van der Waals surface area contributed by atoms with Crippen LogP contribution in [0.5, 0.6) is 17.2 Å². The first-order valence-corrected chi connectivity index (χ1v) is 13.0. The number of benzene rings is 3. The standard InChI is InChI=1S/C24H26O4Si/c1-14-10-17-22(20(11-14)28-2)24(27)21-18(23(17)26)12-16(13-19(21)25)29(3,4)15-8-6-5-7-9-15/h5-11,16,26-27H,12-13H2,1-4H3. The van der Waals surface area contributed by atoms with Crippen LogP contribution in [0.15, 0.2) is 42.5 Å². The van der Waals surface area contributed by atoms with E-state index >= 15 is 0 Å². The molecule has 3 aromatic rings. The predicted octanol–water partition coefficient (Wildman–Crippen LogP) is 4.68. The van der Waals surface area contributed by atoms with E-state index in [2.05, 4.69) is 25.2 Å². The van der Waals surface area contributed by atoms with Gasteiger partial charge >= 0.3 is 0 Å². The molecule has 0 aliphatic heterocycles. The van der Waals surface area contributed by atoms with Gasteiger partial charge in [0.05, 0.1) is 26.1 Å². The highest BCUT2D eigenvalue weighted by molar-refractivity contribution is 6.91. The quantitative estimate of drug-likeness (QED) is 0.489. The Morgan fingerprint density at radius 3 is 2.38 bits per heavy atom. The Balaban J connectivity index is 1.91. The lowest BCUT2D eigenvalue weighted by Gasteiger charge is -2.36. The van der Waals surface area contributed by atoms with Crippen LogP contribution in [0.2, 0.25) is 18.6 Å². The molecule has 0 saturated heterocycles. The van der Waals surface area contributed by atoms with Gasteiger partial charge in [0.15, 0.2) is 5.78 Å². The molecular formula is C24H26O4Si. The molecule has 1 aliphatic carbocycles. The SMILES string of the molecule is COc1cc(C)cc2c(O)c3c(c(O)c12)C(=O)CC([Si](C)(C)c1ccccc1)C3. The summed E-state index contributed by atoms with van der Waals surface area (Å²) in [5.74, 6) is 0.368. The summed E-state index contributed by atoms with van der Waals surface area (Å²) in [5, 5.41) is 24.4. The minimum Gasteiger partial charge on any atom is -0.507 e. The van der Waals surface area contributed by atoms with Crippen molar-refractivity contribution in [2.24, 2.45) is 0 Å². The lowest BCUT2D eigenvalue weighted by Crippen LogP contribution is -2.48.